The van der Waals surface area contributed by atoms with Gasteiger partial charge in [0.1, 0.15) is 17.9 Å². The molecule has 0 radical (unpaired) electrons. The van der Waals surface area contributed by atoms with Crippen LogP contribution in [0.25, 0.3) is 22.4 Å². The third kappa shape index (κ3) is 4.18. The van der Waals surface area contributed by atoms with Gasteiger partial charge in [-0.1, -0.05) is 35.9 Å². The Hall–Kier alpha value is -2.84. The van der Waals surface area contributed by atoms with Gasteiger partial charge in [0, 0.05) is 10.0 Å². The van der Waals surface area contributed by atoms with Gasteiger partial charge in [0.25, 0.3) is 5.91 Å². The van der Waals surface area contributed by atoms with E-state index in [0.717, 1.165) is 15.6 Å². The Kier molecular flexibility index (Phi) is 6.02. The van der Waals surface area contributed by atoms with Crippen LogP contribution in [0.3, 0.4) is 0 Å². The lowest BCUT2D eigenvalue weighted by Gasteiger charge is -2.16. The molecule has 158 valence electrons. The SMILES string of the molecule is COc1cc(-c2nc3c(C(N)=O)cccc3[nH]2)c(Br)c(Br)c1OCc1ccc(C)cc1. The smallest absolute Gasteiger partial charge is 0.250 e. The van der Waals surface area contributed by atoms with Crippen LogP contribution in [-0.4, -0.2) is 23.0 Å². The van der Waals surface area contributed by atoms with Crippen molar-refractivity contribution in [2.75, 3.05) is 7.11 Å². The summed E-state index contributed by atoms with van der Waals surface area (Å²) in [6.45, 7) is 2.44. The van der Waals surface area contributed by atoms with Crippen LogP contribution in [0.5, 0.6) is 11.5 Å². The van der Waals surface area contributed by atoms with Crippen LogP contribution in [0, 0.1) is 6.92 Å². The Morgan fingerprint density at radius 3 is 2.55 bits per heavy atom. The lowest BCUT2D eigenvalue weighted by Crippen LogP contribution is -2.11. The van der Waals surface area contributed by atoms with Crippen LogP contribution in [-0.2, 0) is 6.61 Å². The molecular weight excluding hydrogens is 526 g/mol. The number of hydrogen-bond acceptors (Lipinski definition) is 4. The molecule has 4 rings (SSSR count). The van der Waals surface area contributed by atoms with Crippen molar-refractivity contribution in [3.8, 4) is 22.9 Å². The number of fused-ring (bicyclic) bond motifs is 1. The number of imidazole rings is 1. The summed E-state index contributed by atoms with van der Waals surface area (Å²) < 4.78 is 13.1. The number of hydrogen-bond donors (Lipinski definition) is 2. The predicted molar refractivity (Wildman–Crippen MR) is 128 cm³/mol. The maximum atomic E-state index is 11.7. The summed E-state index contributed by atoms with van der Waals surface area (Å²) in [4.78, 5) is 19.6. The van der Waals surface area contributed by atoms with Crippen molar-refractivity contribution in [1.29, 1.82) is 0 Å². The number of para-hydroxylation sites is 1. The lowest BCUT2D eigenvalue weighted by atomic mass is 10.1. The summed E-state index contributed by atoms with van der Waals surface area (Å²) >= 11 is 7.26. The largest absolute Gasteiger partial charge is 0.493 e. The predicted octanol–water partition coefficient (Wildman–Crippen LogP) is 5.75. The number of methoxy groups -OCH3 is 1. The molecule has 4 aromatic rings. The first-order valence-corrected chi connectivity index (χ1v) is 11.0. The highest BCUT2D eigenvalue weighted by molar-refractivity contribution is 9.13. The van der Waals surface area contributed by atoms with Crippen molar-refractivity contribution in [2.45, 2.75) is 13.5 Å². The number of nitrogens with zero attached hydrogens (tertiary/aromatic N) is 1. The number of H-pyrrole nitrogens is 1. The van der Waals surface area contributed by atoms with E-state index < -0.39 is 5.91 Å². The van der Waals surface area contributed by atoms with Gasteiger partial charge in [-0.15, -0.1) is 0 Å². The summed E-state index contributed by atoms with van der Waals surface area (Å²) in [6.07, 6.45) is 0. The molecule has 0 unspecified atom stereocenters. The van der Waals surface area contributed by atoms with E-state index in [-0.39, 0.29) is 0 Å². The number of primary amides is 1. The zero-order valence-corrected chi connectivity index (χ0v) is 20.0. The molecule has 0 atom stereocenters. The standard InChI is InChI=1S/C23H19Br2N3O3/c1-12-6-8-13(9-7-12)11-31-21-17(30-2)10-15(18(24)19(21)25)23-27-16-5-3-4-14(22(26)29)20(16)28-23/h3-10H,11H2,1-2H3,(H2,26,29)(H,27,28). The van der Waals surface area contributed by atoms with Crippen molar-refractivity contribution >= 4 is 48.8 Å². The Morgan fingerprint density at radius 2 is 1.87 bits per heavy atom. The van der Waals surface area contributed by atoms with E-state index >= 15 is 0 Å². The number of amides is 1. The van der Waals surface area contributed by atoms with Gasteiger partial charge in [0.2, 0.25) is 0 Å². The molecule has 3 aromatic carbocycles. The zero-order valence-electron chi connectivity index (χ0n) is 16.8. The average molecular weight is 545 g/mol. The van der Waals surface area contributed by atoms with Crippen molar-refractivity contribution < 1.29 is 14.3 Å². The normalized spacial score (nSPS) is 11.0. The van der Waals surface area contributed by atoms with E-state index in [1.54, 1.807) is 19.2 Å². The Labute approximate surface area is 196 Å². The molecular formula is C23H19Br2N3O3. The number of rotatable bonds is 6. The van der Waals surface area contributed by atoms with E-state index in [0.29, 0.717) is 45.0 Å². The highest BCUT2D eigenvalue weighted by atomic mass is 79.9. The van der Waals surface area contributed by atoms with Gasteiger partial charge in [-0.2, -0.15) is 0 Å². The molecule has 6 nitrogen and oxygen atoms in total. The number of halogens is 2. The molecule has 3 N–H and O–H groups in total. The van der Waals surface area contributed by atoms with Gasteiger partial charge in [-0.3, -0.25) is 4.79 Å². The first-order valence-electron chi connectivity index (χ1n) is 9.42. The van der Waals surface area contributed by atoms with Crippen molar-refractivity contribution in [1.82, 2.24) is 9.97 Å². The van der Waals surface area contributed by atoms with Crippen molar-refractivity contribution in [2.24, 2.45) is 5.73 Å². The molecule has 0 aliphatic heterocycles. The van der Waals surface area contributed by atoms with Crippen LogP contribution >= 0.6 is 31.9 Å². The van der Waals surface area contributed by atoms with Gasteiger partial charge in [0.05, 0.1) is 22.7 Å². The first kappa shape index (κ1) is 21.4. The Bertz CT molecular complexity index is 1280. The fourth-order valence-electron chi connectivity index (χ4n) is 3.24. The second kappa shape index (κ2) is 8.72. The number of nitrogens with one attached hydrogen (secondary N) is 1. The molecule has 0 aliphatic rings. The summed E-state index contributed by atoms with van der Waals surface area (Å²) in [5, 5.41) is 0. The van der Waals surface area contributed by atoms with Gasteiger partial charge in [0.15, 0.2) is 11.5 Å². The minimum atomic E-state index is -0.527. The number of aromatic nitrogens is 2. The van der Waals surface area contributed by atoms with E-state index in [1.807, 2.05) is 43.3 Å². The summed E-state index contributed by atoms with van der Waals surface area (Å²) in [5.41, 5.74) is 10.1. The molecule has 0 bridgehead atoms. The molecule has 1 aromatic heterocycles. The van der Waals surface area contributed by atoms with Gasteiger partial charge in [-0.25, -0.2) is 4.98 Å². The molecule has 0 saturated heterocycles. The lowest BCUT2D eigenvalue weighted by molar-refractivity contribution is 0.100. The molecule has 1 amide bonds. The summed E-state index contributed by atoms with van der Waals surface area (Å²) in [6, 6.07) is 15.3. The average Bonchev–Trinajstić information content (AvgIpc) is 3.19. The van der Waals surface area contributed by atoms with Gasteiger partial charge < -0.3 is 20.2 Å². The topological polar surface area (TPSA) is 90.2 Å². The highest BCUT2D eigenvalue weighted by Gasteiger charge is 2.21. The number of carbonyl (C=O) groups excluding carboxylic acids is 1. The van der Waals surface area contributed by atoms with Crippen LogP contribution in [0.2, 0.25) is 0 Å². The quantitative estimate of drug-likeness (QED) is 0.323. The van der Waals surface area contributed by atoms with E-state index in [9.17, 15) is 4.79 Å². The molecule has 0 aliphatic carbocycles. The van der Waals surface area contributed by atoms with Crippen molar-refractivity contribution in [3.63, 3.8) is 0 Å². The maximum Gasteiger partial charge on any atom is 0.250 e. The van der Waals surface area contributed by atoms with Crippen molar-refractivity contribution in [3.05, 3.63) is 74.2 Å². The Balaban J connectivity index is 1.74. The molecule has 1 heterocycles. The number of benzene rings is 3. The number of aromatic amines is 1. The molecule has 0 fully saturated rings. The zero-order chi connectivity index (χ0) is 22.1. The Morgan fingerprint density at radius 1 is 1.13 bits per heavy atom. The monoisotopic (exact) mass is 543 g/mol. The second-order valence-electron chi connectivity index (χ2n) is 7.01. The summed E-state index contributed by atoms with van der Waals surface area (Å²) in [5.74, 6) is 1.17. The first-order chi connectivity index (χ1) is 14.9. The minimum absolute atomic E-state index is 0.361. The number of nitrogens with two attached hydrogens (primary N) is 1. The maximum absolute atomic E-state index is 11.7. The number of carbonyl (C=O) groups is 1. The van der Waals surface area contributed by atoms with E-state index in [2.05, 4.69) is 41.8 Å². The third-order valence-corrected chi connectivity index (χ3v) is 7.00. The molecule has 31 heavy (non-hydrogen) atoms. The van der Waals surface area contributed by atoms with Crippen LogP contribution in [0.15, 0.2) is 57.5 Å². The van der Waals surface area contributed by atoms with Gasteiger partial charge in [-0.05, 0) is 62.5 Å². The van der Waals surface area contributed by atoms with Gasteiger partial charge >= 0.3 is 0 Å². The molecule has 0 saturated carbocycles. The highest BCUT2D eigenvalue weighted by Crippen LogP contribution is 2.46. The number of aryl methyl sites for hydroxylation is 1. The number of ether oxygens (including phenoxy) is 2. The molecule has 0 spiro atoms. The third-order valence-electron chi connectivity index (χ3n) is 4.88. The van der Waals surface area contributed by atoms with Crippen LogP contribution in [0.1, 0.15) is 21.5 Å². The van der Waals surface area contributed by atoms with E-state index in [4.69, 9.17) is 15.2 Å². The summed E-state index contributed by atoms with van der Waals surface area (Å²) in [7, 11) is 1.59. The van der Waals surface area contributed by atoms with Crippen LogP contribution in [0.4, 0.5) is 0 Å². The van der Waals surface area contributed by atoms with E-state index in [1.165, 1.54) is 5.56 Å². The fraction of sp³-hybridized carbons (Fsp3) is 0.130. The minimum Gasteiger partial charge on any atom is -0.493 e. The second-order valence-corrected chi connectivity index (χ2v) is 8.60. The fourth-order valence-corrected chi connectivity index (χ4v) is 4.25. The molecule has 8 heteroatoms. The van der Waals surface area contributed by atoms with Crippen LogP contribution < -0.4 is 15.2 Å².